The number of hydrogen-bond donors (Lipinski definition) is 3. The number of ether oxygens (including phenoxy) is 2. The highest BCUT2D eigenvalue weighted by Gasteiger charge is 2.57. The van der Waals surface area contributed by atoms with Crippen LogP contribution < -0.4 is 20.5 Å². The molecule has 2 amide bonds. The van der Waals surface area contributed by atoms with Gasteiger partial charge in [0.1, 0.15) is 40.5 Å². The molecule has 13 heteroatoms. The number of aromatic nitrogens is 2. The third-order valence-corrected chi connectivity index (χ3v) is 8.43. The van der Waals surface area contributed by atoms with E-state index in [9.17, 15) is 32.3 Å². The molecule has 1 fully saturated rings. The van der Waals surface area contributed by atoms with Crippen molar-refractivity contribution in [3.8, 4) is 22.8 Å². The molecule has 4 aromatic rings. The molecule has 9 nitrogen and oxygen atoms in total. The van der Waals surface area contributed by atoms with Crippen LogP contribution in [0.4, 0.5) is 17.6 Å². The summed E-state index contributed by atoms with van der Waals surface area (Å²) in [5.41, 5.74) is 0.829. The first-order valence-corrected chi connectivity index (χ1v) is 14.0. The molecule has 1 aliphatic heterocycles. The second-order valence-corrected chi connectivity index (χ2v) is 11.6. The van der Waals surface area contributed by atoms with Crippen LogP contribution in [0.25, 0.3) is 22.2 Å². The molecule has 0 bridgehead atoms. The van der Waals surface area contributed by atoms with Gasteiger partial charge >= 0.3 is 6.18 Å². The Balaban J connectivity index is 1.40. The molecular formula is C32H28F4N4O5. The lowest BCUT2D eigenvalue weighted by Gasteiger charge is -2.31. The van der Waals surface area contributed by atoms with Crippen LogP contribution in [0.3, 0.4) is 0 Å². The van der Waals surface area contributed by atoms with E-state index in [2.05, 4.69) is 15.3 Å². The van der Waals surface area contributed by atoms with Crippen LogP contribution in [0.1, 0.15) is 52.9 Å². The topological polar surface area (TPSA) is 137 Å². The molecule has 0 unspecified atom stereocenters. The van der Waals surface area contributed by atoms with Crippen molar-refractivity contribution in [3.05, 3.63) is 82.9 Å². The van der Waals surface area contributed by atoms with E-state index >= 15 is 0 Å². The number of halogens is 4. The van der Waals surface area contributed by atoms with Crippen LogP contribution in [0, 0.1) is 5.82 Å². The zero-order chi connectivity index (χ0) is 32.3. The molecule has 1 aliphatic carbocycles. The molecule has 0 spiro atoms. The average Bonchev–Trinajstić information content (AvgIpc) is 3.81. The van der Waals surface area contributed by atoms with Crippen molar-refractivity contribution in [2.24, 2.45) is 5.73 Å². The molecule has 0 saturated heterocycles. The van der Waals surface area contributed by atoms with E-state index in [-0.39, 0.29) is 40.5 Å². The number of carbonyl (C=O) groups is 2. The average molecular weight is 625 g/mol. The second-order valence-electron chi connectivity index (χ2n) is 11.6. The second kappa shape index (κ2) is 10.7. The maximum Gasteiger partial charge on any atom is 0.424 e. The van der Waals surface area contributed by atoms with Crippen molar-refractivity contribution in [2.45, 2.75) is 42.9 Å². The van der Waals surface area contributed by atoms with E-state index in [0.717, 1.165) is 36.6 Å². The van der Waals surface area contributed by atoms with Gasteiger partial charge in [0, 0.05) is 28.3 Å². The number of nitrogens with two attached hydrogens (primary N) is 1. The Bertz CT molecular complexity index is 1840. The predicted octanol–water partition coefficient (Wildman–Crippen LogP) is 4.64. The van der Waals surface area contributed by atoms with Gasteiger partial charge in [-0.2, -0.15) is 13.2 Å². The van der Waals surface area contributed by atoms with Crippen molar-refractivity contribution in [2.75, 3.05) is 20.3 Å². The molecule has 2 aromatic carbocycles. The Morgan fingerprint density at radius 3 is 2.49 bits per heavy atom. The fourth-order valence-electron chi connectivity index (χ4n) is 5.41. The summed E-state index contributed by atoms with van der Waals surface area (Å²) < 4.78 is 69.0. The van der Waals surface area contributed by atoms with Gasteiger partial charge in [-0.15, -0.1) is 0 Å². The molecule has 4 N–H and O–H groups in total. The normalized spacial score (nSPS) is 19.0. The SMILES string of the molecule is COc1cc(C(=O)NC[C@](O)(c2cc3c(c(-c4ccc(F)cc4)n2)OC[C@]3(C)C(N)=O)C(F)(F)F)cc2cc(C3CC3)cnc12. The Hall–Kier alpha value is -4.78. The van der Waals surface area contributed by atoms with Gasteiger partial charge in [-0.3, -0.25) is 14.6 Å². The molecule has 2 aromatic heterocycles. The summed E-state index contributed by atoms with van der Waals surface area (Å²) in [5, 5.41) is 14.1. The number of nitrogens with zero attached hydrogens (tertiary/aromatic N) is 2. The molecule has 6 rings (SSSR count). The molecule has 3 heterocycles. The van der Waals surface area contributed by atoms with Crippen molar-refractivity contribution >= 4 is 22.7 Å². The van der Waals surface area contributed by atoms with E-state index < -0.39 is 47.1 Å². The summed E-state index contributed by atoms with van der Waals surface area (Å²) in [6, 6.07) is 10.3. The van der Waals surface area contributed by atoms with E-state index in [4.69, 9.17) is 15.2 Å². The first-order chi connectivity index (χ1) is 21.2. The summed E-state index contributed by atoms with van der Waals surface area (Å²) in [4.78, 5) is 34.3. The quantitative estimate of drug-likeness (QED) is 0.243. The van der Waals surface area contributed by atoms with Crippen molar-refractivity contribution < 1.29 is 41.7 Å². The monoisotopic (exact) mass is 624 g/mol. The molecule has 2 aliphatic rings. The number of alkyl halides is 3. The largest absolute Gasteiger partial charge is 0.494 e. The number of rotatable bonds is 8. The number of nitrogens with one attached hydrogen (secondary N) is 1. The number of fused-ring (bicyclic) bond motifs is 2. The summed E-state index contributed by atoms with van der Waals surface area (Å²) >= 11 is 0. The van der Waals surface area contributed by atoms with E-state index in [0.29, 0.717) is 16.8 Å². The number of primary amides is 1. The number of benzene rings is 2. The maximum absolute atomic E-state index is 14.7. The smallest absolute Gasteiger partial charge is 0.424 e. The lowest BCUT2D eigenvalue weighted by atomic mass is 9.81. The summed E-state index contributed by atoms with van der Waals surface area (Å²) in [7, 11) is 1.39. The van der Waals surface area contributed by atoms with E-state index in [1.807, 2.05) is 6.07 Å². The Kier molecular flexibility index (Phi) is 7.18. The third kappa shape index (κ3) is 5.20. The van der Waals surface area contributed by atoms with Crippen LogP contribution in [0.5, 0.6) is 11.5 Å². The minimum absolute atomic E-state index is 0.0118. The minimum atomic E-state index is -5.35. The number of aliphatic hydroxyl groups is 1. The zero-order valence-electron chi connectivity index (χ0n) is 24.2. The fourth-order valence-corrected chi connectivity index (χ4v) is 5.41. The fraction of sp³-hybridized carbons (Fsp3) is 0.312. The molecule has 234 valence electrons. The van der Waals surface area contributed by atoms with E-state index in [1.54, 1.807) is 6.20 Å². The number of methoxy groups -OCH3 is 1. The minimum Gasteiger partial charge on any atom is -0.494 e. The molecule has 45 heavy (non-hydrogen) atoms. The lowest BCUT2D eigenvalue weighted by Crippen LogP contribution is -2.51. The van der Waals surface area contributed by atoms with Gasteiger partial charge in [0.2, 0.25) is 11.5 Å². The van der Waals surface area contributed by atoms with Gasteiger partial charge in [0.15, 0.2) is 0 Å². The highest BCUT2D eigenvalue weighted by Crippen LogP contribution is 2.48. The lowest BCUT2D eigenvalue weighted by molar-refractivity contribution is -0.265. The van der Waals surface area contributed by atoms with Gasteiger partial charge in [-0.05, 0) is 79.8 Å². The third-order valence-electron chi connectivity index (χ3n) is 8.43. The molecule has 2 atom stereocenters. The highest BCUT2D eigenvalue weighted by molar-refractivity contribution is 6.00. The Labute approximate surface area is 254 Å². The molecular weight excluding hydrogens is 596 g/mol. The Morgan fingerprint density at radius 1 is 1.16 bits per heavy atom. The van der Waals surface area contributed by atoms with Crippen molar-refractivity contribution in [3.63, 3.8) is 0 Å². The van der Waals surface area contributed by atoms with Crippen molar-refractivity contribution in [1.29, 1.82) is 0 Å². The van der Waals surface area contributed by atoms with Crippen LogP contribution in [0.15, 0.2) is 54.7 Å². The first kappa shape index (κ1) is 30.3. The van der Waals surface area contributed by atoms with Gasteiger partial charge in [-0.25, -0.2) is 9.37 Å². The van der Waals surface area contributed by atoms with Crippen LogP contribution >= 0.6 is 0 Å². The Morgan fingerprint density at radius 2 is 1.87 bits per heavy atom. The number of hydrogen-bond acceptors (Lipinski definition) is 7. The molecule has 1 saturated carbocycles. The van der Waals surface area contributed by atoms with Crippen LogP contribution in [-0.2, 0) is 15.8 Å². The predicted molar refractivity (Wildman–Crippen MR) is 154 cm³/mol. The van der Waals surface area contributed by atoms with Gasteiger partial charge in [0.05, 0.1) is 19.3 Å². The van der Waals surface area contributed by atoms with Crippen molar-refractivity contribution in [1.82, 2.24) is 15.3 Å². The summed E-state index contributed by atoms with van der Waals surface area (Å²) in [6.07, 6.45) is -1.58. The van der Waals surface area contributed by atoms with Crippen LogP contribution in [-0.4, -0.2) is 53.3 Å². The first-order valence-electron chi connectivity index (χ1n) is 14.0. The van der Waals surface area contributed by atoms with Crippen LogP contribution in [0.2, 0.25) is 0 Å². The van der Waals surface area contributed by atoms with Gasteiger partial charge in [-0.1, -0.05) is 0 Å². The number of pyridine rings is 2. The van der Waals surface area contributed by atoms with Gasteiger partial charge < -0.3 is 25.6 Å². The highest BCUT2D eigenvalue weighted by atomic mass is 19.4. The number of amides is 2. The summed E-state index contributed by atoms with van der Waals surface area (Å²) in [5.74, 6) is -1.80. The molecule has 0 radical (unpaired) electrons. The van der Waals surface area contributed by atoms with Gasteiger partial charge in [0.25, 0.3) is 5.91 Å². The standard InChI is InChI=1S/C32H28F4N4O5/c1-30(29(37)42)15-45-27-22(30)12-24(40-26(27)17-5-7-21(33)8-6-17)31(43,32(34,35)36)14-39-28(41)19-9-18-10-20(16-3-4-16)13-38-25(18)23(11-19)44-2/h5-13,16,43H,3-4,14-15H2,1-2H3,(H2,37,42)(H,39,41)/t30-,31-/m0/s1. The maximum atomic E-state index is 14.7. The zero-order valence-corrected chi connectivity index (χ0v) is 24.2. The summed E-state index contributed by atoms with van der Waals surface area (Å²) in [6.45, 7) is -0.234. The number of carbonyl (C=O) groups excluding carboxylic acids is 2. The van der Waals surface area contributed by atoms with E-state index in [1.165, 1.54) is 38.3 Å².